The Morgan fingerprint density at radius 3 is 2.16 bits per heavy atom. The van der Waals surface area contributed by atoms with Gasteiger partial charge >= 0.3 is 0 Å². The minimum Gasteiger partial charge on any atom is -0.352 e. The van der Waals surface area contributed by atoms with Gasteiger partial charge in [-0.05, 0) is 73.9 Å². The summed E-state index contributed by atoms with van der Waals surface area (Å²) in [5.74, 6) is -0.182. The number of rotatable bonds is 8. The molecule has 1 N–H and O–H groups in total. The van der Waals surface area contributed by atoms with Gasteiger partial charge in [0.05, 0.1) is 10.6 Å². The van der Waals surface area contributed by atoms with Gasteiger partial charge in [0.2, 0.25) is 0 Å². The molecule has 0 radical (unpaired) electrons. The van der Waals surface area contributed by atoms with Crippen LogP contribution in [0.3, 0.4) is 0 Å². The maximum Gasteiger partial charge on any atom is 0.264 e. The molecule has 0 unspecified atom stereocenters. The first-order valence-electron chi connectivity index (χ1n) is 9.96. The summed E-state index contributed by atoms with van der Waals surface area (Å²) in [4.78, 5) is 12.5. The van der Waals surface area contributed by atoms with E-state index in [-0.39, 0.29) is 10.8 Å². The zero-order valence-corrected chi connectivity index (χ0v) is 19.1. The van der Waals surface area contributed by atoms with Crippen LogP contribution in [-0.4, -0.2) is 27.9 Å². The second kappa shape index (κ2) is 9.98. The lowest BCUT2D eigenvalue weighted by Gasteiger charge is -2.19. The number of nitrogens with zero attached hydrogens (tertiary/aromatic N) is 1. The van der Waals surface area contributed by atoms with Crippen LogP contribution in [0.25, 0.3) is 0 Å². The van der Waals surface area contributed by atoms with E-state index in [2.05, 4.69) is 36.5 Å². The Kier molecular flexibility index (Phi) is 7.36. The molecule has 162 valence electrons. The van der Waals surface area contributed by atoms with Crippen molar-refractivity contribution in [3.63, 3.8) is 0 Å². The molecule has 0 fully saturated rings. The molecule has 0 aliphatic rings. The Balaban J connectivity index is 1.56. The molecule has 3 aromatic rings. The number of halogens is 1. The summed E-state index contributed by atoms with van der Waals surface area (Å²) < 4.78 is 26.7. The molecule has 3 rings (SSSR count). The number of sulfonamides is 1. The van der Waals surface area contributed by atoms with Gasteiger partial charge in [-0.1, -0.05) is 41.4 Å². The average molecular weight is 457 g/mol. The van der Waals surface area contributed by atoms with Crippen molar-refractivity contribution in [2.24, 2.45) is 0 Å². The molecule has 31 heavy (non-hydrogen) atoms. The van der Waals surface area contributed by atoms with Gasteiger partial charge in [0.1, 0.15) is 0 Å². The van der Waals surface area contributed by atoms with Crippen LogP contribution < -0.4 is 9.62 Å². The van der Waals surface area contributed by atoms with Crippen molar-refractivity contribution < 1.29 is 13.2 Å². The molecular weight excluding hydrogens is 432 g/mol. The van der Waals surface area contributed by atoms with Crippen molar-refractivity contribution in [1.29, 1.82) is 0 Å². The van der Waals surface area contributed by atoms with E-state index in [9.17, 15) is 13.2 Å². The molecule has 0 aliphatic carbocycles. The third kappa shape index (κ3) is 5.87. The molecule has 5 nitrogen and oxygen atoms in total. The first-order valence-corrected chi connectivity index (χ1v) is 11.8. The van der Waals surface area contributed by atoms with Gasteiger partial charge in [-0.15, -0.1) is 0 Å². The monoisotopic (exact) mass is 456 g/mol. The zero-order chi connectivity index (χ0) is 22.4. The number of carbonyl (C=O) groups is 1. The van der Waals surface area contributed by atoms with Crippen LogP contribution in [0.5, 0.6) is 0 Å². The standard InChI is InChI=1S/C24H25ClN2O3S/c1-18-5-7-19(8-6-18)4-3-17-26-24(28)20-9-13-22(14-10-20)27(2)31(29,30)23-15-11-21(25)12-16-23/h5-16H,3-4,17H2,1-2H3,(H,26,28). The summed E-state index contributed by atoms with van der Waals surface area (Å²) in [7, 11) is -2.24. The lowest BCUT2D eigenvalue weighted by atomic mass is 10.1. The minimum atomic E-state index is -3.71. The normalized spacial score (nSPS) is 11.2. The number of hydrogen-bond donors (Lipinski definition) is 1. The summed E-state index contributed by atoms with van der Waals surface area (Å²) in [5.41, 5.74) is 3.42. The molecule has 0 heterocycles. The van der Waals surface area contributed by atoms with Crippen molar-refractivity contribution in [3.05, 3.63) is 94.5 Å². The smallest absolute Gasteiger partial charge is 0.264 e. The number of benzene rings is 3. The molecule has 0 saturated heterocycles. The molecule has 0 aliphatic heterocycles. The van der Waals surface area contributed by atoms with E-state index < -0.39 is 10.0 Å². The van der Waals surface area contributed by atoms with E-state index in [1.165, 1.54) is 46.7 Å². The number of anilines is 1. The van der Waals surface area contributed by atoms with Gasteiger partial charge < -0.3 is 5.32 Å². The highest BCUT2D eigenvalue weighted by Crippen LogP contribution is 2.23. The van der Waals surface area contributed by atoms with Crippen LogP contribution in [0.1, 0.15) is 27.9 Å². The van der Waals surface area contributed by atoms with Gasteiger partial charge in [0, 0.05) is 24.2 Å². The molecule has 0 spiro atoms. The van der Waals surface area contributed by atoms with Crippen LogP contribution >= 0.6 is 11.6 Å². The van der Waals surface area contributed by atoms with Crippen LogP contribution in [0.2, 0.25) is 5.02 Å². The highest BCUT2D eigenvalue weighted by atomic mass is 35.5. The maximum absolute atomic E-state index is 12.8. The highest BCUT2D eigenvalue weighted by molar-refractivity contribution is 7.92. The number of hydrogen-bond acceptors (Lipinski definition) is 3. The first kappa shape index (κ1) is 22.8. The fourth-order valence-corrected chi connectivity index (χ4v) is 4.40. The lowest BCUT2D eigenvalue weighted by Crippen LogP contribution is -2.27. The fourth-order valence-electron chi connectivity index (χ4n) is 3.08. The minimum absolute atomic E-state index is 0.148. The number of amides is 1. The summed E-state index contributed by atoms with van der Waals surface area (Å²) in [6, 6.07) is 20.9. The van der Waals surface area contributed by atoms with Crippen LogP contribution in [0, 0.1) is 6.92 Å². The van der Waals surface area contributed by atoms with Crippen LogP contribution in [0.15, 0.2) is 77.7 Å². The number of nitrogens with one attached hydrogen (secondary N) is 1. The Morgan fingerprint density at radius 1 is 0.935 bits per heavy atom. The van der Waals surface area contributed by atoms with Gasteiger partial charge in [0.15, 0.2) is 0 Å². The molecule has 0 atom stereocenters. The predicted molar refractivity (Wildman–Crippen MR) is 125 cm³/mol. The van der Waals surface area contributed by atoms with E-state index >= 15 is 0 Å². The zero-order valence-electron chi connectivity index (χ0n) is 17.5. The topological polar surface area (TPSA) is 66.5 Å². The molecule has 0 bridgehead atoms. The Bertz CT molecular complexity index is 1130. The van der Waals surface area contributed by atoms with Crippen molar-refractivity contribution >= 4 is 33.2 Å². The van der Waals surface area contributed by atoms with E-state index in [1.54, 1.807) is 24.3 Å². The third-order valence-corrected chi connectivity index (χ3v) is 7.07. The van der Waals surface area contributed by atoms with Crippen molar-refractivity contribution in [3.8, 4) is 0 Å². The quantitative estimate of drug-likeness (QED) is 0.493. The number of carbonyl (C=O) groups excluding carboxylic acids is 1. The Hall–Kier alpha value is -2.83. The highest BCUT2D eigenvalue weighted by Gasteiger charge is 2.21. The number of aryl methyl sites for hydroxylation is 2. The van der Waals surface area contributed by atoms with Crippen molar-refractivity contribution in [1.82, 2.24) is 5.32 Å². The predicted octanol–water partition coefficient (Wildman–Crippen LogP) is 4.84. The Labute approximate surface area is 188 Å². The largest absolute Gasteiger partial charge is 0.352 e. The van der Waals surface area contributed by atoms with Crippen molar-refractivity contribution in [2.45, 2.75) is 24.7 Å². The van der Waals surface area contributed by atoms with Gasteiger partial charge in [-0.2, -0.15) is 0 Å². The summed E-state index contributed by atoms with van der Waals surface area (Å²) in [5, 5.41) is 3.38. The molecule has 1 amide bonds. The fraction of sp³-hybridized carbons (Fsp3) is 0.208. The van der Waals surface area contributed by atoms with Gasteiger partial charge in [0.25, 0.3) is 15.9 Å². The van der Waals surface area contributed by atoms with Crippen LogP contribution in [0.4, 0.5) is 5.69 Å². The molecular formula is C24H25ClN2O3S. The van der Waals surface area contributed by atoms with Crippen LogP contribution in [-0.2, 0) is 16.4 Å². The molecule has 0 saturated carbocycles. The van der Waals surface area contributed by atoms with Gasteiger partial charge in [-0.25, -0.2) is 8.42 Å². The van der Waals surface area contributed by atoms with Gasteiger partial charge in [-0.3, -0.25) is 9.10 Å². The Morgan fingerprint density at radius 2 is 1.55 bits per heavy atom. The molecule has 3 aromatic carbocycles. The van der Waals surface area contributed by atoms with Crippen molar-refractivity contribution in [2.75, 3.05) is 17.9 Å². The van der Waals surface area contributed by atoms with E-state index in [0.29, 0.717) is 22.8 Å². The summed E-state index contributed by atoms with van der Waals surface area (Å²) >= 11 is 5.84. The SMILES string of the molecule is Cc1ccc(CCCNC(=O)c2ccc(N(C)S(=O)(=O)c3ccc(Cl)cc3)cc2)cc1. The first-order chi connectivity index (χ1) is 14.8. The lowest BCUT2D eigenvalue weighted by molar-refractivity contribution is 0.0953. The maximum atomic E-state index is 12.8. The summed E-state index contributed by atoms with van der Waals surface area (Å²) in [6.45, 7) is 2.62. The van der Waals surface area contributed by atoms with E-state index in [1.807, 2.05) is 0 Å². The van der Waals surface area contributed by atoms with E-state index in [0.717, 1.165) is 12.8 Å². The third-order valence-electron chi connectivity index (χ3n) is 5.01. The second-order valence-electron chi connectivity index (χ2n) is 7.32. The summed E-state index contributed by atoms with van der Waals surface area (Å²) in [6.07, 6.45) is 1.74. The van der Waals surface area contributed by atoms with E-state index in [4.69, 9.17) is 11.6 Å². The molecule has 0 aromatic heterocycles. The second-order valence-corrected chi connectivity index (χ2v) is 9.72. The molecule has 7 heteroatoms. The average Bonchev–Trinajstić information content (AvgIpc) is 2.77.